The molecule has 3 aliphatic rings. The van der Waals surface area contributed by atoms with Gasteiger partial charge in [-0.15, -0.1) is 10.2 Å². The minimum absolute atomic E-state index is 0.00691. The van der Waals surface area contributed by atoms with Crippen molar-refractivity contribution in [1.29, 1.82) is 0 Å². The molecule has 1 N–H and O–H groups in total. The van der Waals surface area contributed by atoms with Crippen LogP contribution in [0.25, 0.3) is 0 Å². The van der Waals surface area contributed by atoms with Crippen LogP contribution in [-0.4, -0.2) is 83.2 Å². The summed E-state index contributed by atoms with van der Waals surface area (Å²) in [7, 11) is 5.84. The van der Waals surface area contributed by atoms with Gasteiger partial charge in [0.2, 0.25) is 11.8 Å². The Balaban J connectivity index is 1.32. The van der Waals surface area contributed by atoms with Crippen molar-refractivity contribution in [2.24, 2.45) is 5.92 Å². The van der Waals surface area contributed by atoms with E-state index in [0.717, 1.165) is 32.2 Å². The first-order valence-electron chi connectivity index (χ1n) is 13.3. The van der Waals surface area contributed by atoms with E-state index in [4.69, 9.17) is 4.74 Å². The van der Waals surface area contributed by atoms with Crippen LogP contribution >= 0.6 is 0 Å². The zero-order valence-electron chi connectivity index (χ0n) is 22.2. The van der Waals surface area contributed by atoms with Gasteiger partial charge in [-0.05, 0) is 70.2 Å². The maximum absolute atomic E-state index is 13.7. The van der Waals surface area contributed by atoms with Crippen LogP contribution in [0.1, 0.15) is 50.5 Å². The van der Waals surface area contributed by atoms with Crippen LogP contribution in [-0.2, 0) is 10.3 Å². The zero-order chi connectivity index (χ0) is 26.0. The molecule has 2 aromatic rings. The highest BCUT2D eigenvalue weighted by molar-refractivity contribution is 5.94. The number of nitrogens with zero attached hydrogens (tertiary/aromatic N) is 5. The molecule has 3 amide bonds. The van der Waals surface area contributed by atoms with Gasteiger partial charge >= 0.3 is 6.03 Å². The van der Waals surface area contributed by atoms with Gasteiger partial charge in [0.05, 0.1) is 12.6 Å². The lowest BCUT2D eigenvalue weighted by molar-refractivity contribution is -0.116. The molecule has 0 radical (unpaired) electrons. The van der Waals surface area contributed by atoms with Gasteiger partial charge < -0.3 is 19.9 Å². The van der Waals surface area contributed by atoms with E-state index in [1.165, 1.54) is 31.9 Å². The van der Waals surface area contributed by atoms with Crippen LogP contribution in [0.3, 0.4) is 0 Å². The number of aromatic nitrogens is 2. The van der Waals surface area contributed by atoms with Crippen molar-refractivity contribution in [3.63, 3.8) is 0 Å². The fourth-order valence-electron chi connectivity index (χ4n) is 6.36. The Morgan fingerprint density at radius 1 is 1.08 bits per heavy atom. The molecule has 0 unspecified atom stereocenters. The molecule has 1 aliphatic heterocycles. The van der Waals surface area contributed by atoms with Crippen molar-refractivity contribution in [1.82, 2.24) is 24.9 Å². The Bertz CT molecular complexity index is 1090. The number of methoxy groups -OCH3 is 1. The van der Waals surface area contributed by atoms with Crippen molar-refractivity contribution in [3.8, 4) is 5.88 Å². The summed E-state index contributed by atoms with van der Waals surface area (Å²) in [6, 6.07) is 14.0. The van der Waals surface area contributed by atoms with E-state index in [0.29, 0.717) is 24.2 Å². The van der Waals surface area contributed by atoms with Gasteiger partial charge in [0, 0.05) is 24.7 Å². The average molecular weight is 507 g/mol. The van der Waals surface area contributed by atoms with Crippen LogP contribution in [0, 0.1) is 5.92 Å². The number of carbonyl (C=O) groups is 2. The van der Waals surface area contributed by atoms with E-state index >= 15 is 0 Å². The van der Waals surface area contributed by atoms with Gasteiger partial charge in [-0.3, -0.25) is 9.69 Å². The third-order valence-electron chi connectivity index (χ3n) is 8.85. The van der Waals surface area contributed by atoms with Crippen LogP contribution < -0.4 is 10.1 Å². The molecule has 2 heterocycles. The zero-order valence-corrected chi connectivity index (χ0v) is 22.2. The van der Waals surface area contributed by atoms with Crippen LogP contribution in [0.15, 0.2) is 42.5 Å². The maximum Gasteiger partial charge on any atom is 0.321 e. The van der Waals surface area contributed by atoms with Crippen LogP contribution in [0.5, 0.6) is 5.88 Å². The molecule has 1 spiro atoms. The third-order valence-corrected chi connectivity index (χ3v) is 8.85. The molecule has 3 fully saturated rings. The number of benzene rings is 1. The van der Waals surface area contributed by atoms with Crippen molar-refractivity contribution in [2.45, 2.75) is 56.0 Å². The fourth-order valence-corrected chi connectivity index (χ4v) is 6.36. The van der Waals surface area contributed by atoms with Gasteiger partial charge in [0.25, 0.3) is 0 Å². The molecule has 0 atom stereocenters. The first-order valence-corrected chi connectivity index (χ1v) is 13.3. The predicted molar refractivity (Wildman–Crippen MR) is 141 cm³/mol. The van der Waals surface area contributed by atoms with Crippen molar-refractivity contribution in [2.75, 3.05) is 46.2 Å². The van der Waals surface area contributed by atoms with Gasteiger partial charge in [-0.1, -0.05) is 36.8 Å². The second-order valence-corrected chi connectivity index (χ2v) is 11.1. The third kappa shape index (κ3) is 4.89. The lowest BCUT2D eigenvalue weighted by Crippen LogP contribution is -2.56. The van der Waals surface area contributed by atoms with Crippen molar-refractivity contribution >= 4 is 17.8 Å². The van der Waals surface area contributed by atoms with Crippen LogP contribution in [0.2, 0.25) is 0 Å². The quantitative estimate of drug-likeness (QED) is 0.587. The first kappa shape index (κ1) is 25.4. The largest absolute Gasteiger partial charge is 0.480 e. The van der Waals surface area contributed by atoms with E-state index in [-0.39, 0.29) is 29.6 Å². The van der Waals surface area contributed by atoms with Crippen molar-refractivity contribution < 1.29 is 14.3 Å². The highest BCUT2D eigenvalue weighted by Crippen LogP contribution is 2.49. The second kappa shape index (κ2) is 10.3. The number of amides is 3. The topological polar surface area (TPSA) is 90.9 Å². The SMILES string of the molecule is COc1ccc(NC(=O)CN2CC3(CCC(c4ccccc4)(N(C)C)CC3)N(CC3CCC3)C2=O)nn1. The smallest absolute Gasteiger partial charge is 0.321 e. The number of hydrogen-bond acceptors (Lipinski definition) is 6. The minimum atomic E-state index is -0.267. The lowest BCUT2D eigenvalue weighted by Gasteiger charge is -2.51. The Kier molecular flexibility index (Phi) is 7.07. The molecule has 37 heavy (non-hydrogen) atoms. The van der Waals surface area contributed by atoms with Gasteiger partial charge in [0.1, 0.15) is 6.54 Å². The molecule has 0 bridgehead atoms. The standard InChI is InChI=1S/C28H38N6O3/c1-32(2)28(22-10-5-4-6-11-22)16-14-27(15-17-28)20-33(26(36)34(27)18-21-8-7-9-21)19-24(35)29-23-12-13-25(37-3)31-30-23/h4-6,10-13,21H,7-9,14-20H2,1-3H3,(H,29,30,35). The summed E-state index contributed by atoms with van der Waals surface area (Å²) < 4.78 is 5.03. The van der Waals surface area contributed by atoms with Gasteiger partial charge in [-0.2, -0.15) is 0 Å². The van der Waals surface area contributed by atoms with E-state index in [1.807, 2.05) is 0 Å². The fraction of sp³-hybridized carbons (Fsp3) is 0.571. The molecule has 1 aromatic carbocycles. The van der Waals surface area contributed by atoms with E-state index in [2.05, 4.69) is 69.7 Å². The molecular weight excluding hydrogens is 468 g/mol. The Morgan fingerprint density at radius 2 is 1.81 bits per heavy atom. The monoisotopic (exact) mass is 506 g/mol. The summed E-state index contributed by atoms with van der Waals surface area (Å²) in [5.41, 5.74) is 1.05. The Labute approximate surface area is 219 Å². The summed E-state index contributed by atoms with van der Waals surface area (Å²) in [5.74, 6) is 1.02. The summed E-state index contributed by atoms with van der Waals surface area (Å²) in [6.45, 7) is 1.38. The van der Waals surface area contributed by atoms with Gasteiger partial charge in [-0.25, -0.2) is 4.79 Å². The van der Waals surface area contributed by atoms with Gasteiger partial charge in [0.15, 0.2) is 5.82 Å². The number of urea groups is 1. The van der Waals surface area contributed by atoms with E-state index < -0.39 is 0 Å². The Hall–Kier alpha value is -3.20. The molecule has 9 nitrogen and oxygen atoms in total. The first-order chi connectivity index (χ1) is 17.8. The molecule has 1 aromatic heterocycles. The van der Waals surface area contributed by atoms with Crippen LogP contribution in [0.4, 0.5) is 10.6 Å². The molecule has 2 aliphatic carbocycles. The number of anilines is 1. The Morgan fingerprint density at radius 3 is 2.38 bits per heavy atom. The number of rotatable bonds is 8. The normalized spacial score (nSPS) is 26.0. The lowest BCUT2D eigenvalue weighted by atomic mass is 9.68. The highest BCUT2D eigenvalue weighted by Gasteiger charge is 2.55. The predicted octanol–water partition coefficient (Wildman–Crippen LogP) is 3.73. The average Bonchev–Trinajstić information content (AvgIpc) is 3.12. The van der Waals surface area contributed by atoms with E-state index in [1.54, 1.807) is 17.0 Å². The van der Waals surface area contributed by atoms with E-state index in [9.17, 15) is 9.59 Å². The summed E-state index contributed by atoms with van der Waals surface area (Å²) in [6.07, 6.45) is 7.39. The molecule has 2 saturated carbocycles. The summed E-state index contributed by atoms with van der Waals surface area (Å²) >= 11 is 0. The number of ether oxygens (including phenoxy) is 1. The summed E-state index contributed by atoms with van der Waals surface area (Å²) in [4.78, 5) is 32.8. The number of hydrogen-bond donors (Lipinski definition) is 1. The number of nitrogens with one attached hydrogen (secondary N) is 1. The summed E-state index contributed by atoms with van der Waals surface area (Å²) in [5, 5.41) is 10.6. The molecule has 198 valence electrons. The molecule has 5 rings (SSSR count). The maximum atomic E-state index is 13.7. The molecule has 9 heteroatoms. The molecular formula is C28H38N6O3. The molecule has 1 saturated heterocycles. The highest BCUT2D eigenvalue weighted by atomic mass is 16.5. The van der Waals surface area contributed by atoms with Crippen molar-refractivity contribution in [3.05, 3.63) is 48.0 Å². The minimum Gasteiger partial charge on any atom is -0.480 e. The second-order valence-electron chi connectivity index (χ2n) is 11.1. The number of carbonyl (C=O) groups excluding carboxylic acids is 2.